The van der Waals surface area contributed by atoms with Crippen LogP contribution in [0.3, 0.4) is 0 Å². The number of ether oxygens (including phenoxy) is 1. The van der Waals surface area contributed by atoms with E-state index in [1.807, 2.05) is 11.6 Å². The van der Waals surface area contributed by atoms with E-state index in [1.54, 1.807) is 0 Å². The first-order valence-electron chi connectivity index (χ1n) is 10.3. The molecule has 0 bridgehead atoms. The van der Waals surface area contributed by atoms with Gasteiger partial charge in [-0.15, -0.1) is 0 Å². The van der Waals surface area contributed by atoms with Crippen LogP contribution in [0, 0.1) is 5.92 Å². The predicted octanol–water partition coefficient (Wildman–Crippen LogP) is 2.08. The first kappa shape index (κ1) is 18.3. The molecule has 3 N–H and O–H groups in total. The molecule has 0 unspecified atom stereocenters. The van der Waals surface area contributed by atoms with Crippen molar-refractivity contribution in [3.8, 4) is 5.88 Å². The molecular weight excluding hydrogens is 344 g/mol. The molecule has 0 radical (unpaired) electrons. The summed E-state index contributed by atoms with van der Waals surface area (Å²) in [6.07, 6.45) is 7.92. The van der Waals surface area contributed by atoms with Crippen LogP contribution in [0.25, 0.3) is 11.0 Å². The molecule has 27 heavy (non-hydrogen) atoms. The Balaban J connectivity index is 1.83. The van der Waals surface area contributed by atoms with Gasteiger partial charge >= 0.3 is 0 Å². The number of rotatable bonds is 6. The van der Waals surface area contributed by atoms with Crippen molar-refractivity contribution in [1.29, 1.82) is 0 Å². The van der Waals surface area contributed by atoms with Crippen molar-refractivity contribution in [3.63, 3.8) is 0 Å². The quantitative estimate of drug-likeness (QED) is 0.751. The van der Waals surface area contributed by atoms with Crippen molar-refractivity contribution in [1.82, 2.24) is 24.6 Å². The minimum Gasteiger partial charge on any atom is -0.477 e. The largest absolute Gasteiger partial charge is 0.477 e. The number of aromatic nitrogens is 4. The van der Waals surface area contributed by atoms with E-state index in [4.69, 9.17) is 10.5 Å². The van der Waals surface area contributed by atoms with E-state index in [0.29, 0.717) is 29.4 Å². The third-order valence-electron chi connectivity index (χ3n) is 5.87. The van der Waals surface area contributed by atoms with E-state index < -0.39 is 0 Å². The number of aryl methyl sites for hydroxylation is 1. The molecule has 0 atom stereocenters. The molecule has 1 aliphatic heterocycles. The van der Waals surface area contributed by atoms with Crippen LogP contribution in [0.15, 0.2) is 4.79 Å². The van der Waals surface area contributed by atoms with E-state index in [0.717, 1.165) is 51.7 Å². The van der Waals surface area contributed by atoms with Gasteiger partial charge in [-0.05, 0) is 45.2 Å². The molecule has 1 aliphatic carbocycles. The van der Waals surface area contributed by atoms with Crippen molar-refractivity contribution in [2.45, 2.75) is 64.5 Å². The molecule has 0 amide bonds. The van der Waals surface area contributed by atoms with Crippen LogP contribution in [0.5, 0.6) is 5.88 Å². The van der Waals surface area contributed by atoms with Crippen LogP contribution in [-0.4, -0.2) is 39.0 Å². The van der Waals surface area contributed by atoms with E-state index in [9.17, 15) is 4.79 Å². The summed E-state index contributed by atoms with van der Waals surface area (Å²) < 4.78 is 9.66. The summed E-state index contributed by atoms with van der Waals surface area (Å²) in [6.45, 7) is 5.19. The lowest BCUT2D eigenvalue weighted by Crippen LogP contribution is -2.42. The van der Waals surface area contributed by atoms with Crippen LogP contribution < -0.4 is 21.3 Å². The number of hydrogen-bond donors (Lipinski definition) is 2. The number of nitrogens with one attached hydrogen (secondary N) is 1. The molecular formula is C19H30N6O2. The Morgan fingerprint density at radius 3 is 2.56 bits per heavy atom. The van der Waals surface area contributed by atoms with E-state index in [1.165, 1.54) is 12.8 Å². The molecule has 1 saturated heterocycles. The maximum absolute atomic E-state index is 13.4. The van der Waals surface area contributed by atoms with E-state index >= 15 is 0 Å². The van der Waals surface area contributed by atoms with Gasteiger partial charge in [0.25, 0.3) is 5.56 Å². The second kappa shape index (κ2) is 7.88. The fourth-order valence-corrected chi connectivity index (χ4v) is 4.32. The number of nitrogen functional groups attached to an aromatic ring is 1. The normalized spacial score (nSPS) is 19.1. The molecule has 8 nitrogen and oxygen atoms in total. The average Bonchev–Trinajstić information content (AvgIpc) is 2.78. The minimum absolute atomic E-state index is 0.0351. The van der Waals surface area contributed by atoms with Crippen LogP contribution in [-0.2, 0) is 6.54 Å². The highest BCUT2D eigenvalue weighted by Crippen LogP contribution is 2.30. The van der Waals surface area contributed by atoms with Gasteiger partial charge in [0.05, 0.1) is 12.6 Å². The minimum atomic E-state index is -0.0351. The summed E-state index contributed by atoms with van der Waals surface area (Å²) in [4.78, 5) is 22.1. The van der Waals surface area contributed by atoms with Gasteiger partial charge in [-0.3, -0.25) is 9.48 Å². The molecule has 3 heterocycles. The Hall–Kier alpha value is -2.09. The second-order valence-corrected chi connectivity index (χ2v) is 7.75. The van der Waals surface area contributed by atoms with E-state index in [2.05, 4.69) is 20.0 Å². The lowest BCUT2D eigenvalue weighted by Gasteiger charge is -2.28. The fraction of sp³-hybridized carbons (Fsp3) is 0.737. The smallest absolute Gasteiger partial charge is 0.282 e. The van der Waals surface area contributed by atoms with Crippen molar-refractivity contribution in [2.75, 3.05) is 25.4 Å². The molecule has 8 heteroatoms. The molecule has 2 fully saturated rings. The monoisotopic (exact) mass is 374 g/mol. The maximum atomic E-state index is 13.4. The SMILES string of the molecule is CCOc1nc(N)nc2c1c(=O)n(C1CCCCCC1)n2CCC1CNC1. The summed E-state index contributed by atoms with van der Waals surface area (Å²) in [5.74, 6) is 1.13. The zero-order valence-electron chi connectivity index (χ0n) is 16.1. The van der Waals surface area contributed by atoms with Crippen LogP contribution in [0.2, 0.25) is 0 Å². The van der Waals surface area contributed by atoms with Gasteiger partial charge in [0.1, 0.15) is 5.39 Å². The van der Waals surface area contributed by atoms with Gasteiger partial charge in [0.2, 0.25) is 11.8 Å². The number of hydrogen-bond acceptors (Lipinski definition) is 6. The van der Waals surface area contributed by atoms with E-state index in [-0.39, 0.29) is 17.5 Å². The van der Waals surface area contributed by atoms with Crippen LogP contribution >= 0.6 is 0 Å². The van der Waals surface area contributed by atoms with Crippen LogP contribution in [0.1, 0.15) is 57.9 Å². The molecule has 2 aliphatic rings. The van der Waals surface area contributed by atoms with Crippen LogP contribution in [0.4, 0.5) is 5.95 Å². The zero-order chi connectivity index (χ0) is 18.8. The third-order valence-corrected chi connectivity index (χ3v) is 5.87. The first-order valence-corrected chi connectivity index (χ1v) is 10.3. The number of nitrogens with zero attached hydrogens (tertiary/aromatic N) is 4. The standard InChI is InChI=1S/C19H30N6O2/c1-2-27-17-15-16(22-19(20)23-17)24(10-9-13-11-21-12-13)25(18(15)26)14-7-5-3-4-6-8-14/h13-14,21H,2-12H2,1H3,(H2,20,22,23). The topological polar surface area (TPSA) is 100.0 Å². The van der Waals surface area contributed by atoms with Gasteiger partial charge in [-0.2, -0.15) is 9.97 Å². The highest BCUT2D eigenvalue weighted by molar-refractivity contribution is 5.81. The Labute approximate surface area is 159 Å². The van der Waals surface area contributed by atoms with Crippen molar-refractivity contribution < 1.29 is 4.74 Å². The number of anilines is 1. The molecule has 0 spiro atoms. The third kappa shape index (κ3) is 3.54. The predicted molar refractivity (Wildman–Crippen MR) is 105 cm³/mol. The average molecular weight is 374 g/mol. The van der Waals surface area contributed by atoms with Gasteiger partial charge in [-0.1, -0.05) is 25.7 Å². The number of nitrogens with two attached hydrogens (primary N) is 1. The molecule has 1 saturated carbocycles. The summed E-state index contributed by atoms with van der Waals surface area (Å²) in [5, 5.41) is 3.79. The fourth-order valence-electron chi connectivity index (χ4n) is 4.32. The maximum Gasteiger partial charge on any atom is 0.282 e. The Kier molecular flexibility index (Phi) is 5.33. The van der Waals surface area contributed by atoms with Crippen molar-refractivity contribution in [3.05, 3.63) is 10.4 Å². The molecule has 4 rings (SSSR count). The zero-order valence-corrected chi connectivity index (χ0v) is 16.1. The Bertz CT molecular complexity index is 846. The van der Waals surface area contributed by atoms with Crippen molar-refractivity contribution in [2.24, 2.45) is 5.92 Å². The van der Waals surface area contributed by atoms with Gasteiger partial charge in [0, 0.05) is 6.54 Å². The Morgan fingerprint density at radius 1 is 1.19 bits per heavy atom. The van der Waals surface area contributed by atoms with Crippen molar-refractivity contribution >= 4 is 17.0 Å². The summed E-state index contributed by atoms with van der Waals surface area (Å²) in [6, 6.07) is 0.212. The van der Waals surface area contributed by atoms with Gasteiger partial charge in [-0.25, -0.2) is 4.68 Å². The molecule has 2 aromatic heterocycles. The highest BCUT2D eigenvalue weighted by atomic mass is 16.5. The number of fused-ring (bicyclic) bond motifs is 1. The lowest BCUT2D eigenvalue weighted by atomic mass is 10.00. The molecule has 148 valence electrons. The lowest BCUT2D eigenvalue weighted by molar-refractivity contribution is 0.276. The summed E-state index contributed by atoms with van der Waals surface area (Å²) in [5.41, 5.74) is 6.53. The first-order chi connectivity index (χ1) is 13.2. The summed E-state index contributed by atoms with van der Waals surface area (Å²) >= 11 is 0. The highest BCUT2D eigenvalue weighted by Gasteiger charge is 2.27. The van der Waals surface area contributed by atoms with Gasteiger partial charge in [0.15, 0.2) is 5.65 Å². The summed E-state index contributed by atoms with van der Waals surface area (Å²) in [7, 11) is 0. The Morgan fingerprint density at radius 2 is 1.93 bits per heavy atom. The van der Waals surface area contributed by atoms with Gasteiger partial charge < -0.3 is 15.8 Å². The second-order valence-electron chi connectivity index (χ2n) is 7.75. The molecule has 0 aromatic carbocycles. The molecule has 2 aromatic rings.